The van der Waals surface area contributed by atoms with Crippen LogP contribution in [0.15, 0.2) is 48.5 Å². The molecule has 8 heteroatoms. The molecule has 2 aromatic rings. The topological polar surface area (TPSA) is 110 Å². The first-order valence-electron chi connectivity index (χ1n) is 5.91. The number of nitro benzene ring substituents is 1. The predicted molar refractivity (Wildman–Crippen MR) is 75.0 cm³/mol. The first-order chi connectivity index (χ1) is 9.85. The van der Waals surface area contributed by atoms with E-state index in [1.54, 1.807) is 24.3 Å². The number of phosphoric acid groups is 1. The van der Waals surface area contributed by atoms with Crippen LogP contribution in [0.3, 0.4) is 0 Å². The van der Waals surface area contributed by atoms with Gasteiger partial charge in [-0.05, 0) is 11.6 Å². The first kappa shape index (κ1) is 15.2. The van der Waals surface area contributed by atoms with Gasteiger partial charge in [0.2, 0.25) is 0 Å². The van der Waals surface area contributed by atoms with Crippen LogP contribution in [0, 0.1) is 10.1 Å². The Morgan fingerprint density at radius 1 is 1.14 bits per heavy atom. The summed E-state index contributed by atoms with van der Waals surface area (Å²) in [5, 5.41) is 10.8. The molecule has 0 aliphatic carbocycles. The highest BCUT2D eigenvalue weighted by Gasteiger charge is 2.20. The fourth-order valence-corrected chi connectivity index (χ4v) is 2.28. The lowest BCUT2D eigenvalue weighted by atomic mass is 10.0. The Balaban J connectivity index is 2.41. The Bertz CT molecular complexity index is 697. The van der Waals surface area contributed by atoms with E-state index in [1.807, 2.05) is 6.07 Å². The van der Waals surface area contributed by atoms with Gasteiger partial charge in [0, 0.05) is 24.1 Å². The second kappa shape index (κ2) is 6.05. The average Bonchev–Trinajstić information content (AvgIpc) is 2.40. The summed E-state index contributed by atoms with van der Waals surface area (Å²) >= 11 is 0. The summed E-state index contributed by atoms with van der Waals surface area (Å²) < 4.78 is 15.5. The number of hydrogen-bond donors (Lipinski definition) is 2. The molecule has 0 saturated heterocycles. The van der Waals surface area contributed by atoms with Crippen molar-refractivity contribution in [1.82, 2.24) is 0 Å². The van der Waals surface area contributed by atoms with Crippen molar-refractivity contribution in [2.24, 2.45) is 0 Å². The molecule has 0 aliphatic heterocycles. The molecule has 0 unspecified atom stereocenters. The van der Waals surface area contributed by atoms with Gasteiger partial charge in [0.25, 0.3) is 5.69 Å². The zero-order valence-corrected chi connectivity index (χ0v) is 11.6. The highest BCUT2D eigenvalue weighted by molar-refractivity contribution is 7.46. The lowest BCUT2D eigenvalue weighted by Gasteiger charge is -2.11. The standard InChI is InChI=1S/C13H12NO6P/c15-14(16)12-6-7-13(20-21(17,18)19)11(9-12)8-10-4-2-1-3-5-10/h1-7,9H,8H2,(H2,17,18,19). The van der Waals surface area contributed by atoms with E-state index in [2.05, 4.69) is 4.52 Å². The molecule has 0 heterocycles. The molecule has 2 aromatic carbocycles. The molecule has 21 heavy (non-hydrogen) atoms. The third-order valence-corrected chi connectivity index (χ3v) is 3.14. The average molecular weight is 309 g/mol. The summed E-state index contributed by atoms with van der Waals surface area (Å²) in [4.78, 5) is 28.0. The van der Waals surface area contributed by atoms with Crippen molar-refractivity contribution >= 4 is 13.5 Å². The van der Waals surface area contributed by atoms with E-state index < -0.39 is 12.7 Å². The molecule has 2 N–H and O–H groups in total. The monoisotopic (exact) mass is 309 g/mol. The maximum absolute atomic E-state index is 11.0. The van der Waals surface area contributed by atoms with Crippen molar-refractivity contribution in [2.75, 3.05) is 0 Å². The Hall–Kier alpha value is -2.21. The van der Waals surface area contributed by atoms with Crippen LogP contribution in [0.5, 0.6) is 5.75 Å². The summed E-state index contributed by atoms with van der Waals surface area (Å²) in [5.41, 5.74) is 1.01. The summed E-state index contributed by atoms with van der Waals surface area (Å²) in [6.45, 7) is 0. The number of nitro groups is 1. The van der Waals surface area contributed by atoms with Crippen molar-refractivity contribution < 1.29 is 23.8 Å². The third-order valence-electron chi connectivity index (χ3n) is 2.71. The largest absolute Gasteiger partial charge is 0.524 e. The number of phosphoric ester groups is 1. The first-order valence-corrected chi connectivity index (χ1v) is 7.44. The van der Waals surface area contributed by atoms with E-state index in [9.17, 15) is 14.7 Å². The fourth-order valence-electron chi connectivity index (χ4n) is 1.85. The number of rotatable bonds is 5. The van der Waals surface area contributed by atoms with E-state index in [0.717, 1.165) is 11.6 Å². The number of nitrogens with zero attached hydrogens (tertiary/aromatic N) is 1. The Kier molecular flexibility index (Phi) is 4.37. The minimum atomic E-state index is -4.73. The highest BCUT2D eigenvalue weighted by atomic mass is 31.2. The van der Waals surface area contributed by atoms with Crippen molar-refractivity contribution in [2.45, 2.75) is 6.42 Å². The van der Waals surface area contributed by atoms with Gasteiger partial charge in [-0.1, -0.05) is 30.3 Å². The van der Waals surface area contributed by atoms with Crippen LogP contribution in [-0.2, 0) is 11.0 Å². The molecule has 0 amide bonds. The summed E-state index contributed by atoms with van der Waals surface area (Å²) in [7, 11) is -4.73. The van der Waals surface area contributed by atoms with Crippen molar-refractivity contribution in [3.8, 4) is 5.75 Å². The van der Waals surface area contributed by atoms with E-state index in [1.165, 1.54) is 12.1 Å². The van der Waals surface area contributed by atoms with Crippen LogP contribution in [0.1, 0.15) is 11.1 Å². The van der Waals surface area contributed by atoms with Gasteiger partial charge in [-0.3, -0.25) is 19.9 Å². The Labute approximate surface area is 120 Å². The van der Waals surface area contributed by atoms with Gasteiger partial charge in [0.15, 0.2) is 0 Å². The highest BCUT2D eigenvalue weighted by Crippen LogP contribution is 2.40. The Morgan fingerprint density at radius 2 is 1.81 bits per heavy atom. The van der Waals surface area contributed by atoms with Crippen molar-refractivity contribution in [3.05, 3.63) is 69.8 Å². The molecule has 0 bridgehead atoms. The van der Waals surface area contributed by atoms with Gasteiger partial charge in [0.1, 0.15) is 5.75 Å². The fraction of sp³-hybridized carbons (Fsp3) is 0.0769. The molecule has 2 rings (SSSR count). The van der Waals surface area contributed by atoms with Crippen LogP contribution in [0.4, 0.5) is 5.69 Å². The van der Waals surface area contributed by atoms with E-state index in [-0.39, 0.29) is 17.9 Å². The van der Waals surface area contributed by atoms with E-state index >= 15 is 0 Å². The molecule has 110 valence electrons. The Morgan fingerprint density at radius 3 is 2.38 bits per heavy atom. The van der Waals surface area contributed by atoms with Gasteiger partial charge < -0.3 is 4.52 Å². The normalized spacial score (nSPS) is 11.1. The van der Waals surface area contributed by atoms with Crippen LogP contribution < -0.4 is 4.52 Å². The molecule has 0 aliphatic rings. The number of benzene rings is 2. The lowest BCUT2D eigenvalue weighted by molar-refractivity contribution is -0.384. The van der Waals surface area contributed by atoms with Gasteiger partial charge >= 0.3 is 7.82 Å². The van der Waals surface area contributed by atoms with Crippen molar-refractivity contribution in [1.29, 1.82) is 0 Å². The molecule has 0 aromatic heterocycles. The predicted octanol–water partition coefficient (Wildman–Crippen LogP) is 2.66. The molecule has 0 radical (unpaired) electrons. The molecule has 0 atom stereocenters. The van der Waals surface area contributed by atoms with Crippen molar-refractivity contribution in [3.63, 3.8) is 0 Å². The smallest absolute Gasteiger partial charge is 0.404 e. The van der Waals surface area contributed by atoms with Crippen LogP contribution >= 0.6 is 7.82 Å². The zero-order chi connectivity index (χ0) is 15.5. The van der Waals surface area contributed by atoms with E-state index in [4.69, 9.17) is 9.79 Å². The molecular formula is C13H12NO6P. The second-order valence-electron chi connectivity index (χ2n) is 4.29. The summed E-state index contributed by atoms with van der Waals surface area (Å²) in [6.07, 6.45) is 0.262. The van der Waals surface area contributed by atoms with Crippen LogP contribution in [0.25, 0.3) is 0 Å². The summed E-state index contributed by atoms with van der Waals surface area (Å²) in [6, 6.07) is 12.6. The molecule has 0 spiro atoms. The van der Waals surface area contributed by atoms with Gasteiger partial charge in [0.05, 0.1) is 4.92 Å². The zero-order valence-electron chi connectivity index (χ0n) is 10.7. The van der Waals surface area contributed by atoms with E-state index in [0.29, 0.717) is 5.56 Å². The number of hydrogen-bond acceptors (Lipinski definition) is 4. The molecule has 7 nitrogen and oxygen atoms in total. The van der Waals surface area contributed by atoms with Crippen LogP contribution in [0.2, 0.25) is 0 Å². The third kappa shape index (κ3) is 4.39. The molecule has 0 fully saturated rings. The minimum absolute atomic E-state index is 0.0715. The van der Waals surface area contributed by atoms with Gasteiger partial charge in [-0.15, -0.1) is 0 Å². The quantitative estimate of drug-likeness (QED) is 0.499. The molecule has 0 saturated carbocycles. The lowest BCUT2D eigenvalue weighted by Crippen LogP contribution is -1.98. The SMILES string of the molecule is O=[N+]([O-])c1ccc(OP(=O)(O)O)c(Cc2ccccc2)c1. The maximum atomic E-state index is 11.0. The minimum Gasteiger partial charge on any atom is -0.404 e. The molecular weight excluding hydrogens is 297 g/mol. The number of non-ortho nitro benzene ring substituents is 1. The van der Waals surface area contributed by atoms with Gasteiger partial charge in [-0.2, -0.15) is 0 Å². The van der Waals surface area contributed by atoms with Crippen LogP contribution in [-0.4, -0.2) is 14.7 Å². The summed E-state index contributed by atoms with van der Waals surface area (Å²) in [5.74, 6) is -0.0715. The van der Waals surface area contributed by atoms with Gasteiger partial charge in [-0.25, -0.2) is 4.57 Å². The second-order valence-corrected chi connectivity index (χ2v) is 5.46. The maximum Gasteiger partial charge on any atom is 0.524 e.